The number of ether oxygens (including phenoxy) is 6. The van der Waals surface area contributed by atoms with Gasteiger partial charge in [-0.25, -0.2) is 0 Å². The molecule has 44 heavy (non-hydrogen) atoms. The van der Waals surface area contributed by atoms with Gasteiger partial charge in [0.15, 0.2) is 17.3 Å². The Morgan fingerprint density at radius 3 is 1.25 bits per heavy atom. The molecule has 0 spiro atoms. The maximum Gasteiger partial charge on any atom is 0.223 e. The predicted octanol–water partition coefficient (Wildman–Crippen LogP) is 3.83. The van der Waals surface area contributed by atoms with Crippen LogP contribution in [-0.2, 0) is 47.6 Å². The summed E-state index contributed by atoms with van der Waals surface area (Å²) >= 11 is 0. The van der Waals surface area contributed by atoms with Crippen molar-refractivity contribution in [2.24, 2.45) is 23.7 Å². The van der Waals surface area contributed by atoms with Crippen LogP contribution < -0.4 is 5.32 Å². The number of Topliss-reactive ketones (excluding diaryl/α,β-unsaturated/α-hetero) is 3. The van der Waals surface area contributed by atoms with Gasteiger partial charge >= 0.3 is 0 Å². The number of ketones is 3. The minimum absolute atomic E-state index is 0.0202. The van der Waals surface area contributed by atoms with E-state index < -0.39 is 11.8 Å². The van der Waals surface area contributed by atoms with E-state index in [2.05, 4.69) is 5.32 Å². The standard InChI is InChI=1S/C33H61NO10/c1-26(2)30(35)23-42-14-12-10-8-7-9-11-13-34-33(38)29(6)28(5)32(37)25-44-22-20-41-18-16-39-15-17-40-19-21-43-24-31(36)27(3)4/h26-29H,7-25H2,1-6H3,(H,34,38). The first-order chi connectivity index (χ1) is 21.1. The average Bonchev–Trinajstić information content (AvgIpc) is 3.00. The zero-order chi connectivity index (χ0) is 33.0. The Morgan fingerprint density at radius 2 is 0.795 bits per heavy atom. The van der Waals surface area contributed by atoms with Crippen molar-refractivity contribution in [2.75, 3.05) is 85.8 Å². The molecule has 2 atom stereocenters. The lowest BCUT2D eigenvalue weighted by molar-refractivity contribution is -0.135. The molecule has 0 radical (unpaired) electrons. The van der Waals surface area contributed by atoms with E-state index >= 15 is 0 Å². The van der Waals surface area contributed by atoms with Gasteiger partial charge in [0.2, 0.25) is 5.91 Å². The third kappa shape index (κ3) is 24.5. The molecule has 0 aromatic carbocycles. The lowest BCUT2D eigenvalue weighted by Gasteiger charge is -2.18. The van der Waals surface area contributed by atoms with Gasteiger partial charge in [-0.3, -0.25) is 19.2 Å². The van der Waals surface area contributed by atoms with Crippen molar-refractivity contribution in [1.29, 1.82) is 0 Å². The largest absolute Gasteiger partial charge is 0.377 e. The quantitative estimate of drug-likeness (QED) is 0.109. The Morgan fingerprint density at radius 1 is 0.432 bits per heavy atom. The van der Waals surface area contributed by atoms with Crippen LogP contribution in [0.3, 0.4) is 0 Å². The number of unbranched alkanes of at least 4 members (excludes halogenated alkanes) is 5. The Labute approximate surface area is 265 Å². The zero-order valence-electron chi connectivity index (χ0n) is 28.3. The molecule has 258 valence electrons. The summed E-state index contributed by atoms with van der Waals surface area (Å²) in [6.07, 6.45) is 6.16. The van der Waals surface area contributed by atoms with Gasteiger partial charge in [0, 0.05) is 36.8 Å². The van der Waals surface area contributed by atoms with Crippen molar-refractivity contribution in [3.05, 3.63) is 0 Å². The van der Waals surface area contributed by atoms with Crippen LogP contribution in [0.4, 0.5) is 0 Å². The lowest BCUT2D eigenvalue weighted by atomic mass is 9.91. The first-order valence-electron chi connectivity index (χ1n) is 16.4. The van der Waals surface area contributed by atoms with Crippen LogP contribution in [0.5, 0.6) is 0 Å². The van der Waals surface area contributed by atoms with E-state index in [9.17, 15) is 19.2 Å². The second-order valence-corrected chi connectivity index (χ2v) is 11.7. The maximum absolute atomic E-state index is 12.5. The molecular formula is C33H61NO10. The summed E-state index contributed by atoms with van der Waals surface area (Å²) < 4.78 is 32.3. The Bertz CT molecular complexity index is 759. The van der Waals surface area contributed by atoms with Crippen molar-refractivity contribution >= 4 is 23.3 Å². The molecule has 0 saturated carbocycles. The number of carbonyl (C=O) groups excluding carboxylic acids is 4. The smallest absolute Gasteiger partial charge is 0.223 e. The molecule has 0 bridgehead atoms. The molecule has 0 aliphatic heterocycles. The first-order valence-corrected chi connectivity index (χ1v) is 16.4. The molecule has 0 saturated heterocycles. The second-order valence-electron chi connectivity index (χ2n) is 11.7. The molecule has 2 unspecified atom stereocenters. The normalized spacial score (nSPS) is 12.9. The highest BCUT2D eigenvalue weighted by Crippen LogP contribution is 2.13. The summed E-state index contributed by atoms with van der Waals surface area (Å²) in [6.45, 7) is 15.6. The summed E-state index contributed by atoms with van der Waals surface area (Å²) in [5, 5.41) is 2.94. The third-order valence-electron chi connectivity index (χ3n) is 7.20. The number of hydrogen-bond donors (Lipinski definition) is 1. The van der Waals surface area contributed by atoms with Crippen molar-refractivity contribution in [2.45, 2.75) is 80.1 Å². The number of nitrogens with one attached hydrogen (secondary N) is 1. The van der Waals surface area contributed by atoms with E-state index in [1.165, 1.54) is 0 Å². The highest BCUT2D eigenvalue weighted by Gasteiger charge is 2.25. The monoisotopic (exact) mass is 631 g/mol. The molecule has 1 N–H and O–H groups in total. The first kappa shape index (κ1) is 42.2. The summed E-state index contributed by atoms with van der Waals surface area (Å²) in [7, 11) is 0. The molecule has 1 amide bonds. The zero-order valence-corrected chi connectivity index (χ0v) is 28.3. The number of amides is 1. The fourth-order valence-electron chi connectivity index (χ4n) is 3.68. The van der Waals surface area contributed by atoms with Gasteiger partial charge in [-0.1, -0.05) is 67.2 Å². The van der Waals surface area contributed by atoms with Crippen LogP contribution in [0.15, 0.2) is 0 Å². The van der Waals surface area contributed by atoms with Gasteiger partial charge < -0.3 is 33.7 Å². The molecule has 0 fully saturated rings. The maximum atomic E-state index is 12.5. The van der Waals surface area contributed by atoms with Crippen LogP contribution in [0.1, 0.15) is 80.1 Å². The summed E-state index contributed by atoms with van der Waals surface area (Å²) in [4.78, 5) is 47.8. The van der Waals surface area contributed by atoms with E-state index in [4.69, 9.17) is 28.4 Å². The Hall–Kier alpha value is -1.76. The summed E-state index contributed by atoms with van der Waals surface area (Å²) in [5.41, 5.74) is 0. The van der Waals surface area contributed by atoms with Crippen LogP contribution in [0.25, 0.3) is 0 Å². The van der Waals surface area contributed by atoms with E-state index in [1.807, 2.05) is 27.7 Å². The van der Waals surface area contributed by atoms with Crippen molar-refractivity contribution < 1.29 is 47.6 Å². The molecular weight excluding hydrogens is 570 g/mol. The highest BCUT2D eigenvalue weighted by molar-refractivity contribution is 5.89. The molecule has 11 nitrogen and oxygen atoms in total. The van der Waals surface area contributed by atoms with Gasteiger partial charge in [0.25, 0.3) is 0 Å². The molecule has 0 rings (SSSR count). The Balaban J connectivity index is 3.59. The third-order valence-corrected chi connectivity index (χ3v) is 7.20. The van der Waals surface area contributed by atoms with Crippen molar-refractivity contribution in [3.63, 3.8) is 0 Å². The van der Waals surface area contributed by atoms with Crippen LogP contribution in [0.2, 0.25) is 0 Å². The number of rotatable bonds is 32. The van der Waals surface area contributed by atoms with Crippen molar-refractivity contribution in [3.8, 4) is 0 Å². The SMILES string of the molecule is CC(C)C(=O)COCCCCCCCCNC(=O)C(C)C(C)C(=O)COCCOCCOCCOCCOCC(=O)C(C)C. The number of carbonyl (C=O) groups is 4. The van der Waals surface area contributed by atoms with Crippen LogP contribution in [-0.4, -0.2) is 109 Å². The van der Waals surface area contributed by atoms with E-state index in [1.54, 1.807) is 13.8 Å². The van der Waals surface area contributed by atoms with Crippen LogP contribution in [0, 0.1) is 23.7 Å². The number of hydrogen-bond acceptors (Lipinski definition) is 10. The van der Waals surface area contributed by atoms with E-state index in [-0.39, 0.29) is 61.5 Å². The van der Waals surface area contributed by atoms with E-state index in [0.717, 1.165) is 38.5 Å². The summed E-state index contributed by atoms with van der Waals surface area (Å²) in [6, 6.07) is 0. The van der Waals surface area contributed by atoms with E-state index in [0.29, 0.717) is 59.4 Å². The van der Waals surface area contributed by atoms with Crippen molar-refractivity contribution in [1.82, 2.24) is 5.32 Å². The fourth-order valence-corrected chi connectivity index (χ4v) is 3.68. The Kier molecular flexibility index (Phi) is 27.5. The molecule has 0 aromatic heterocycles. The minimum atomic E-state index is -0.432. The molecule has 0 aliphatic carbocycles. The summed E-state index contributed by atoms with van der Waals surface area (Å²) in [5.74, 6) is -0.847. The molecule has 0 heterocycles. The van der Waals surface area contributed by atoms with Gasteiger partial charge in [-0.05, 0) is 12.8 Å². The minimum Gasteiger partial charge on any atom is -0.377 e. The van der Waals surface area contributed by atoms with Gasteiger partial charge in [0.1, 0.15) is 19.8 Å². The lowest BCUT2D eigenvalue weighted by Crippen LogP contribution is -2.36. The highest BCUT2D eigenvalue weighted by atomic mass is 16.6. The van der Waals surface area contributed by atoms with Gasteiger partial charge in [0.05, 0.1) is 52.9 Å². The van der Waals surface area contributed by atoms with Gasteiger partial charge in [-0.2, -0.15) is 0 Å². The average molecular weight is 632 g/mol. The molecule has 0 aliphatic rings. The second kappa shape index (κ2) is 28.7. The molecule has 0 aromatic rings. The van der Waals surface area contributed by atoms with Crippen LogP contribution >= 0.6 is 0 Å². The predicted molar refractivity (Wildman–Crippen MR) is 169 cm³/mol. The fraction of sp³-hybridized carbons (Fsp3) is 0.879. The topological polar surface area (TPSA) is 136 Å². The molecule has 11 heteroatoms. The van der Waals surface area contributed by atoms with Gasteiger partial charge in [-0.15, -0.1) is 0 Å².